The number of carboxylic acids is 1. The molecule has 0 radical (unpaired) electrons. The Morgan fingerprint density at radius 1 is 1.35 bits per heavy atom. The Morgan fingerprint density at radius 2 is 2.00 bits per heavy atom. The van der Waals surface area contributed by atoms with Crippen molar-refractivity contribution in [2.24, 2.45) is 0 Å². The standard InChI is InChI=1S/C12H15IO4/c13-8-17-10-6-4-9(5-7-10)2-1-3-11(14)12(15)16/h4-7,11,14H,1-3,8H2,(H,15,16). The van der Waals surface area contributed by atoms with E-state index in [1.54, 1.807) is 0 Å². The number of halogens is 1. The van der Waals surface area contributed by atoms with Crippen molar-refractivity contribution in [1.82, 2.24) is 0 Å². The third-order valence-corrected chi connectivity index (χ3v) is 2.68. The number of benzene rings is 1. The molecule has 2 N–H and O–H groups in total. The molecule has 17 heavy (non-hydrogen) atoms. The number of carbonyl (C=O) groups is 1. The molecule has 0 aliphatic rings. The predicted octanol–water partition coefficient (Wildman–Crippen LogP) is 2.23. The maximum atomic E-state index is 10.4. The summed E-state index contributed by atoms with van der Waals surface area (Å²) < 4.78 is 5.92. The summed E-state index contributed by atoms with van der Waals surface area (Å²) in [5.74, 6) is -0.329. The smallest absolute Gasteiger partial charge is 0.332 e. The van der Waals surface area contributed by atoms with Gasteiger partial charge in [-0.25, -0.2) is 4.79 Å². The number of carboxylic acid groups (broad SMARTS) is 1. The van der Waals surface area contributed by atoms with E-state index < -0.39 is 12.1 Å². The minimum Gasteiger partial charge on any atom is -0.483 e. The molecule has 1 rings (SSSR count). The van der Waals surface area contributed by atoms with Gasteiger partial charge in [-0.05, 0) is 59.5 Å². The van der Waals surface area contributed by atoms with Crippen LogP contribution >= 0.6 is 22.6 Å². The molecule has 0 bridgehead atoms. The molecule has 0 spiro atoms. The van der Waals surface area contributed by atoms with Crippen molar-refractivity contribution in [3.63, 3.8) is 0 Å². The van der Waals surface area contributed by atoms with Gasteiger partial charge < -0.3 is 14.9 Å². The minimum atomic E-state index is -1.25. The Labute approximate surface area is 114 Å². The molecule has 5 heteroatoms. The monoisotopic (exact) mass is 350 g/mol. The van der Waals surface area contributed by atoms with Crippen molar-refractivity contribution < 1.29 is 19.7 Å². The normalized spacial score (nSPS) is 12.1. The summed E-state index contributed by atoms with van der Waals surface area (Å²) in [4.78, 5) is 10.4. The van der Waals surface area contributed by atoms with E-state index in [1.807, 2.05) is 24.3 Å². The summed E-state index contributed by atoms with van der Waals surface area (Å²) in [6.07, 6.45) is 0.437. The first kappa shape index (κ1) is 14.2. The number of aryl methyl sites for hydroxylation is 1. The number of hydrogen-bond donors (Lipinski definition) is 2. The fourth-order valence-corrected chi connectivity index (χ4v) is 1.80. The Kier molecular flexibility index (Phi) is 6.28. The number of aliphatic carboxylic acids is 1. The molecule has 1 unspecified atom stereocenters. The Hall–Kier alpha value is -0.820. The number of aliphatic hydroxyl groups excluding tert-OH is 1. The zero-order chi connectivity index (χ0) is 12.7. The average Bonchev–Trinajstić information content (AvgIpc) is 2.31. The lowest BCUT2D eigenvalue weighted by molar-refractivity contribution is -0.146. The van der Waals surface area contributed by atoms with Crippen LogP contribution in [-0.2, 0) is 11.2 Å². The van der Waals surface area contributed by atoms with Crippen LogP contribution in [0.2, 0.25) is 0 Å². The van der Waals surface area contributed by atoms with Gasteiger partial charge in [-0.1, -0.05) is 12.1 Å². The molecule has 0 heterocycles. The lowest BCUT2D eigenvalue weighted by Gasteiger charge is -2.06. The maximum absolute atomic E-state index is 10.4. The number of aliphatic hydroxyl groups is 1. The van der Waals surface area contributed by atoms with E-state index in [2.05, 4.69) is 22.6 Å². The maximum Gasteiger partial charge on any atom is 0.332 e. The van der Waals surface area contributed by atoms with Crippen molar-refractivity contribution in [2.75, 3.05) is 4.61 Å². The minimum absolute atomic E-state index is 0.279. The van der Waals surface area contributed by atoms with Crippen LogP contribution in [0, 0.1) is 0 Å². The molecule has 0 amide bonds. The highest BCUT2D eigenvalue weighted by molar-refractivity contribution is 14.1. The largest absolute Gasteiger partial charge is 0.483 e. The van der Waals surface area contributed by atoms with Crippen molar-refractivity contribution in [2.45, 2.75) is 25.4 Å². The van der Waals surface area contributed by atoms with Crippen LogP contribution in [0.5, 0.6) is 5.75 Å². The van der Waals surface area contributed by atoms with Gasteiger partial charge in [-0.15, -0.1) is 0 Å². The molecule has 1 aromatic carbocycles. The molecule has 0 aliphatic heterocycles. The third-order valence-electron chi connectivity index (χ3n) is 2.37. The molecule has 4 nitrogen and oxygen atoms in total. The Bertz CT molecular complexity index is 350. The van der Waals surface area contributed by atoms with Crippen LogP contribution in [0.3, 0.4) is 0 Å². The average molecular weight is 350 g/mol. The van der Waals surface area contributed by atoms with Gasteiger partial charge in [0, 0.05) is 0 Å². The summed E-state index contributed by atoms with van der Waals surface area (Å²) in [6.45, 7) is 0. The third kappa shape index (κ3) is 5.36. The van der Waals surface area contributed by atoms with E-state index in [9.17, 15) is 4.79 Å². The lowest BCUT2D eigenvalue weighted by atomic mass is 10.1. The van der Waals surface area contributed by atoms with E-state index in [0.29, 0.717) is 11.0 Å². The molecule has 0 fully saturated rings. The highest BCUT2D eigenvalue weighted by atomic mass is 127. The van der Waals surface area contributed by atoms with Crippen LogP contribution in [0.4, 0.5) is 0 Å². The molecule has 0 aliphatic carbocycles. The zero-order valence-corrected chi connectivity index (χ0v) is 11.5. The van der Waals surface area contributed by atoms with Crippen molar-refractivity contribution in [3.05, 3.63) is 29.8 Å². The van der Waals surface area contributed by atoms with E-state index in [0.717, 1.165) is 17.7 Å². The SMILES string of the molecule is O=C(O)C(O)CCCc1ccc(OCI)cc1. The number of rotatable bonds is 7. The molecule has 0 aromatic heterocycles. The summed E-state index contributed by atoms with van der Waals surface area (Å²) in [5, 5.41) is 17.6. The highest BCUT2D eigenvalue weighted by Crippen LogP contribution is 2.14. The number of hydrogen-bond acceptors (Lipinski definition) is 3. The van der Waals surface area contributed by atoms with Crippen LogP contribution in [0.25, 0.3) is 0 Å². The van der Waals surface area contributed by atoms with Gasteiger partial charge in [-0.3, -0.25) is 0 Å². The van der Waals surface area contributed by atoms with Crippen molar-refractivity contribution >= 4 is 28.6 Å². The predicted molar refractivity (Wildman–Crippen MR) is 72.5 cm³/mol. The van der Waals surface area contributed by atoms with Gasteiger partial charge in [0.25, 0.3) is 0 Å². The first-order valence-electron chi connectivity index (χ1n) is 5.32. The summed E-state index contributed by atoms with van der Waals surface area (Å²) in [6, 6.07) is 7.69. The molecule has 94 valence electrons. The fourth-order valence-electron chi connectivity index (χ4n) is 1.44. The van der Waals surface area contributed by atoms with Crippen molar-refractivity contribution in [1.29, 1.82) is 0 Å². The van der Waals surface area contributed by atoms with E-state index >= 15 is 0 Å². The zero-order valence-electron chi connectivity index (χ0n) is 9.30. The Balaban J connectivity index is 2.34. The fraction of sp³-hybridized carbons (Fsp3) is 0.417. The Morgan fingerprint density at radius 3 is 2.53 bits per heavy atom. The summed E-state index contributed by atoms with van der Waals surface area (Å²) in [5.41, 5.74) is 1.11. The van der Waals surface area contributed by atoms with Crippen LogP contribution in [-0.4, -0.2) is 26.9 Å². The van der Waals surface area contributed by atoms with Crippen LogP contribution in [0.1, 0.15) is 18.4 Å². The van der Waals surface area contributed by atoms with Crippen LogP contribution < -0.4 is 4.74 Å². The molecular weight excluding hydrogens is 335 g/mol. The van der Waals surface area contributed by atoms with Crippen molar-refractivity contribution in [3.8, 4) is 5.75 Å². The molecule has 1 aromatic rings. The van der Waals surface area contributed by atoms with Gasteiger partial charge in [0.05, 0.1) is 0 Å². The number of ether oxygens (including phenoxy) is 1. The van der Waals surface area contributed by atoms with Gasteiger partial charge >= 0.3 is 5.97 Å². The van der Waals surface area contributed by atoms with E-state index in [1.165, 1.54) is 0 Å². The van der Waals surface area contributed by atoms with Crippen LogP contribution in [0.15, 0.2) is 24.3 Å². The molecule has 0 saturated heterocycles. The second-order valence-corrected chi connectivity index (χ2v) is 4.27. The lowest BCUT2D eigenvalue weighted by Crippen LogP contribution is -2.19. The first-order valence-corrected chi connectivity index (χ1v) is 6.84. The summed E-state index contributed by atoms with van der Waals surface area (Å²) in [7, 11) is 0. The van der Waals surface area contributed by atoms with E-state index in [-0.39, 0.29) is 6.42 Å². The topological polar surface area (TPSA) is 66.8 Å². The van der Waals surface area contributed by atoms with E-state index in [4.69, 9.17) is 14.9 Å². The second kappa shape index (κ2) is 7.50. The van der Waals surface area contributed by atoms with Gasteiger partial charge in [0.2, 0.25) is 0 Å². The molecule has 0 saturated carbocycles. The quantitative estimate of drug-likeness (QED) is 0.585. The molecule has 1 atom stereocenters. The van der Waals surface area contributed by atoms with Gasteiger partial charge in [-0.2, -0.15) is 0 Å². The second-order valence-electron chi connectivity index (χ2n) is 3.64. The molecular formula is C12H15IO4. The first-order chi connectivity index (χ1) is 8.13. The van der Waals surface area contributed by atoms with Gasteiger partial charge in [0.1, 0.15) is 10.4 Å². The summed E-state index contributed by atoms with van der Waals surface area (Å²) >= 11 is 2.13. The van der Waals surface area contributed by atoms with Gasteiger partial charge in [0.15, 0.2) is 6.10 Å². The number of alkyl halides is 1. The highest BCUT2D eigenvalue weighted by Gasteiger charge is 2.11.